The molecular formula is C12H13ClFNO3S2. The SMILES string of the molecule is O=C(CSc1ccc(F)cc1)N[C@H]1CS(=O)(=O)C[C@@H]1Cl. The number of hydrogen-bond donors (Lipinski definition) is 1. The van der Waals surface area contributed by atoms with Crippen LogP contribution in [-0.4, -0.2) is 43.0 Å². The molecule has 1 amide bonds. The molecule has 0 spiro atoms. The van der Waals surface area contributed by atoms with Crippen LogP contribution in [0, 0.1) is 5.82 Å². The number of amides is 1. The molecule has 0 radical (unpaired) electrons. The molecule has 2 rings (SSSR count). The third kappa shape index (κ3) is 4.36. The number of sulfone groups is 1. The minimum absolute atomic E-state index is 0.107. The van der Waals surface area contributed by atoms with E-state index in [2.05, 4.69) is 5.32 Å². The lowest BCUT2D eigenvalue weighted by atomic mass is 10.2. The molecule has 1 heterocycles. The predicted molar refractivity (Wildman–Crippen MR) is 77.3 cm³/mol. The summed E-state index contributed by atoms with van der Waals surface area (Å²) in [5.74, 6) is -0.711. The van der Waals surface area contributed by atoms with E-state index in [-0.39, 0.29) is 29.0 Å². The van der Waals surface area contributed by atoms with E-state index in [4.69, 9.17) is 11.6 Å². The van der Waals surface area contributed by atoms with E-state index in [1.165, 1.54) is 23.9 Å². The van der Waals surface area contributed by atoms with Crippen molar-refractivity contribution in [2.45, 2.75) is 16.3 Å². The zero-order valence-electron chi connectivity index (χ0n) is 10.4. The Kier molecular flexibility index (Phi) is 4.93. The lowest BCUT2D eigenvalue weighted by molar-refractivity contribution is -0.119. The summed E-state index contributed by atoms with van der Waals surface area (Å²) < 4.78 is 35.4. The molecule has 0 aromatic heterocycles. The molecule has 1 N–H and O–H groups in total. The molecule has 1 fully saturated rings. The van der Waals surface area contributed by atoms with Crippen LogP contribution in [0.2, 0.25) is 0 Å². The second kappa shape index (κ2) is 6.32. The van der Waals surface area contributed by atoms with Gasteiger partial charge in [0.1, 0.15) is 5.82 Å². The predicted octanol–water partition coefficient (Wildman–Crippen LogP) is 1.44. The summed E-state index contributed by atoms with van der Waals surface area (Å²) in [6.07, 6.45) is 0. The van der Waals surface area contributed by atoms with Crippen LogP contribution < -0.4 is 5.32 Å². The first-order valence-electron chi connectivity index (χ1n) is 5.88. The van der Waals surface area contributed by atoms with Crippen molar-refractivity contribution in [3.63, 3.8) is 0 Å². The summed E-state index contributed by atoms with van der Waals surface area (Å²) >= 11 is 7.15. The van der Waals surface area contributed by atoms with E-state index in [1.807, 2.05) is 0 Å². The molecule has 1 aliphatic rings. The van der Waals surface area contributed by atoms with Crippen LogP contribution in [0.3, 0.4) is 0 Å². The Hall–Kier alpha value is -0.790. The zero-order chi connectivity index (χ0) is 14.8. The molecule has 1 aliphatic heterocycles. The standard InChI is InChI=1S/C12H13ClFNO3S2/c13-10-6-20(17,18)7-11(10)15-12(16)5-19-9-3-1-8(14)2-4-9/h1-4,10-11H,5-7H2,(H,15,16)/t10-,11-/m0/s1. The van der Waals surface area contributed by atoms with Crippen LogP contribution in [0.25, 0.3) is 0 Å². The van der Waals surface area contributed by atoms with Crippen molar-refractivity contribution < 1.29 is 17.6 Å². The summed E-state index contributed by atoms with van der Waals surface area (Å²) in [5.41, 5.74) is 0. The van der Waals surface area contributed by atoms with E-state index in [9.17, 15) is 17.6 Å². The van der Waals surface area contributed by atoms with Gasteiger partial charge in [-0.2, -0.15) is 0 Å². The molecule has 1 aromatic carbocycles. The summed E-state index contributed by atoms with van der Waals surface area (Å²) in [6.45, 7) is 0. The first-order chi connectivity index (χ1) is 9.35. The minimum Gasteiger partial charge on any atom is -0.350 e. The molecule has 0 unspecified atom stereocenters. The molecule has 4 nitrogen and oxygen atoms in total. The Bertz CT molecular complexity index is 591. The Balaban J connectivity index is 1.83. The van der Waals surface area contributed by atoms with Gasteiger partial charge in [-0.05, 0) is 24.3 Å². The Morgan fingerprint density at radius 3 is 2.55 bits per heavy atom. The van der Waals surface area contributed by atoms with E-state index >= 15 is 0 Å². The van der Waals surface area contributed by atoms with Gasteiger partial charge in [-0.1, -0.05) is 0 Å². The summed E-state index contributed by atoms with van der Waals surface area (Å²) in [5, 5.41) is 2.04. The van der Waals surface area contributed by atoms with Crippen molar-refractivity contribution in [3.8, 4) is 0 Å². The third-order valence-electron chi connectivity index (χ3n) is 2.81. The molecule has 0 aliphatic carbocycles. The fourth-order valence-corrected chi connectivity index (χ4v) is 5.12. The van der Waals surface area contributed by atoms with Crippen LogP contribution in [0.15, 0.2) is 29.2 Å². The molecule has 110 valence electrons. The number of alkyl halides is 1. The Morgan fingerprint density at radius 2 is 2.00 bits per heavy atom. The first-order valence-corrected chi connectivity index (χ1v) is 9.12. The molecule has 2 atom stereocenters. The monoisotopic (exact) mass is 337 g/mol. The second-order valence-corrected chi connectivity index (χ2v) is 8.27. The number of rotatable bonds is 4. The van der Waals surface area contributed by atoms with Gasteiger partial charge in [-0.3, -0.25) is 4.79 Å². The summed E-state index contributed by atoms with van der Waals surface area (Å²) in [6, 6.07) is 5.26. The lowest BCUT2D eigenvalue weighted by Gasteiger charge is -2.14. The van der Waals surface area contributed by atoms with Gasteiger partial charge in [0.15, 0.2) is 9.84 Å². The third-order valence-corrected chi connectivity index (χ3v) is 6.20. The highest BCUT2D eigenvalue weighted by atomic mass is 35.5. The lowest BCUT2D eigenvalue weighted by Crippen LogP contribution is -2.41. The summed E-state index contributed by atoms with van der Waals surface area (Å²) in [7, 11) is -3.16. The van der Waals surface area contributed by atoms with Gasteiger partial charge < -0.3 is 5.32 Å². The first kappa shape index (κ1) is 15.6. The molecule has 20 heavy (non-hydrogen) atoms. The van der Waals surface area contributed by atoms with Crippen LogP contribution in [0.1, 0.15) is 0 Å². The summed E-state index contributed by atoms with van der Waals surface area (Å²) in [4.78, 5) is 12.5. The maximum atomic E-state index is 12.7. The van der Waals surface area contributed by atoms with Crippen LogP contribution in [0.5, 0.6) is 0 Å². The van der Waals surface area contributed by atoms with Crippen molar-refractivity contribution in [2.75, 3.05) is 17.3 Å². The number of nitrogens with one attached hydrogen (secondary N) is 1. The van der Waals surface area contributed by atoms with Gasteiger partial charge in [0.25, 0.3) is 0 Å². The van der Waals surface area contributed by atoms with Crippen molar-refractivity contribution in [3.05, 3.63) is 30.1 Å². The van der Waals surface area contributed by atoms with Gasteiger partial charge in [0.05, 0.1) is 28.7 Å². The second-order valence-electron chi connectivity index (χ2n) is 4.51. The zero-order valence-corrected chi connectivity index (χ0v) is 12.8. The smallest absolute Gasteiger partial charge is 0.230 e. The van der Waals surface area contributed by atoms with Crippen molar-refractivity contribution in [1.29, 1.82) is 0 Å². The number of carbonyl (C=O) groups excluding carboxylic acids is 1. The molecule has 0 saturated carbocycles. The normalized spacial score (nSPS) is 24.5. The minimum atomic E-state index is -3.16. The van der Waals surface area contributed by atoms with Gasteiger partial charge in [-0.25, -0.2) is 12.8 Å². The number of carbonyl (C=O) groups is 1. The van der Waals surface area contributed by atoms with E-state index in [0.717, 1.165) is 4.90 Å². The van der Waals surface area contributed by atoms with Crippen molar-refractivity contribution in [2.24, 2.45) is 0 Å². The van der Waals surface area contributed by atoms with E-state index < -0.39 is 21.3 Å². The maximum absolute atomic E-state index is 12.7. The van der Waals surface area contributed by atoms with Gasteiger partial charge in [-0.15, -0.1) is 23.4 Å². The number of thioether (sulfide) groups is 1. The molecule has 1 aromatic rings. The Morgan fingerprint density at radius 1 is 1.35 bits per heavy atom. The van der Waals surface area contributed by atoms with E-state index in [0.29, 0.717) is 0 Å². The highest BCUT2D eigenvalue weighted by Crippen LogP contribution is 2.20. The molecule has 0 bridgehead atoms. The quantitative estimate of drug-likeness (QED) is 0.667. The number of halogens is 2. The fraction of sp³-hybridized carbons (Fsp3) is 0.417. The maximum Gasteiger partial charge on any atom is 0.230 e. The highest BCUT2D eigenvalue weighted by molar-refractivity contribution is 8.00. The van der Waals surface area contributed by atoms with Gasteiger partial charge in [0, 0.05) is 4.90 Å². The van der Waals surface area contributed by atoms with Crippen LogP contribution in [-0.2, 0) is 14.6 Å². The van der Waals surface area contributed by atoms with Crippen molar-refractivity contribution in [1.82, 2.24) is 5.32 Å². The molecule has 8 heteroatoms. The average Bonchev–Trinajstić information content (AvgIpc) is 2.61. The molecular weight excluding hydrogens is 325 g/mol. The largest absolute Gasteiger partial charge is 0.350 e. The van der Waals surface area contributed by atoms with Gasteiger partial charge in [0.2, 0.25) is 5.91 Å². The Labute approximate surface area is 126 Å². The van der Waals surface area contributed by atoms with E-state index in [1.54, 1.807) is 12.1 Å². The average molecular weight is 338 g/mol. The number of hydrogen-bond acceptors (Lipinski definition) is 4. The fourth-order valence-electron chi connectivity index (χ4n) is 1.87. The van der Waals surface area contributed by atoms with Crippen molar-refractivity contribution >= 4 is 39.1 Å². The number of benzene rings is 1. The van der Waals surface area contributed by atoms with Gasteiger partial charge >= 0.3 is 0 Å². The molecule has 1 saturated heterocycles. The highest BCUT2D eigenvalue weighted by Gasteiger charge is 2.37. The topological polar surface area (TPSA) is 63.2 Å². The van der Waals surface area contributed by atoms with Crippen LogP contribution >= 0.6 is 23.4 Å². The van der Waals surface area contributed by atoms with Crippen LogP contribution in [0.4, 0.5) is 4.39 Å².